The molecule has 33 heavy (non-hydrogen) atoms. The minimum absolute atomic E-state index is 0.125. The zero-order valence-corrected chi connectivity index (χ0v) is 20.0. The van der Waals surface area contributed by atoms with E-state index in [1.165, 1.54) is 11.8 Å². The zero-order valence-electron chi connectivity index (χ0n) is 17.6. The van der Waals surface area contributed by atoms with Gasteiger partial charge in [-0.3, -0.25) is 14.3 Å². The normalized spacial score (nSPS) is 11.0. The summed E-state index contributed by atoms with van der Waals surface area (Å²) in [6.07, 6.45) is 4.98. The van der Waals surface area contributed by atoms with E-state index in [1.54, 1.807) is 25.7 Å². The molecule has 0 aliphatic rings. The third-order valence-electron chi connectivity index (χ3n) is 4.49. The van der Waals surface area contributed by atoms with Crippen LogP contribution >= 0.6 is 27.7 Å². The Labute approximate surface area is 203 Å². The molecule has 2 aromatic heterocycles. The lowest BCUT2D eigenvalue weighted by Gasteiger charge is -2.10. The molecule has 4 rings (SSSR count). The van der Waals surface area contributed by atoms with Gasteiger partial charge in [0.1, 0.15) is 5.75 Å². The number of carbonyl (C=O) groups is 1. The van der Waals surface area contributed by atoms with Gasteiger partial charge in [0.05, 0.1) is 19.1 Å². The molecule has 2 aromatic carbocycles. The van der Waals surface area contributed by atoms with Gasteiger partial charge in [0.15, 0.2) is 11.0 Å². The van der Waals surface area contributed by atoms with Crippen molar-refractivity contribution in [3.63, 3.8) is 0 Å². The van der Waals surface area contributed by atoms with Crippen molar-refractivity contribution in [1.29, 1.82) is 0 Å². The van der Waals surface area contributed by atoms with Crippen LogP contribution in [0.4, 0.5) is 0 Å². The molecule has 10 heteroatoms. The third-order valence-corrected chi connectivity index (χ3v) is 5.94. The topological polar surface area (TPSA) is 94.3 Å². The Morgan fingerprint density at radius 3 is 2.70 bits per heavy atom. The van der Waals surface area contributed by atoms with E-state index in [0.29, 0.717) is 11.0 Å². The Morgan fingerprint density at radius 2 is 1.94 bits per heavy atom. The molecule has 4 aromatic rings. The number of rotatable bonds is 8. The molecule has 166 valence electrons. The first-order chi connectivity index (χ1) is 16.1. The van der Waals surface area contributed by atoms with E-state index < -0.39 is 0 Å². The van der Waals surface area contributed by atoms with Crippen LogP contribution in [0.2, 0.25) is 0 Å². The minimum atomic E-state index is -0.255. The Bertz CT molecular complexity index is 1260. The molecule has 0 bridgehead atoms. The summed E-state index contributed by atoms with van der Waals surface area (Å²) in [5, 5.41) is 13.3. The largest absolute Gasteiger partial charge is 0.497 e. The van der Waals surface area contributed by atoms with Crippen molar-refractivity contribution >= 4 is 39.8 Å². The number of ether oxygens (including phenoxy) is 1. The first-order valence-corrected chi connectivity index (χ1v) is 11.6. The maximum atomic E-state index is 12.4. The summed E-state index contributed by atoms with van der Waals surface area (Å²) < 4.78 is 8.07. The smallest absolute Gasteiger partial charge is 0.250 e. The van der Waals surface area contributed by atoms with Crippen LogP contribution < -0.4 is 10.2 Å². The van der Waals surface area contributed by atoms with Gasteiger partial charge in [0.2, 0.25) is 0 Å². The van der Waals surface area contributed by atoms with Gasteiger partial charge < -0.3 is 4.74 Å². The number of pyridine rings is 1. The fourth-order valence-electron chi connectivity index (χ4n) is 2.94. The van der Waals surface area contributed by atoms with Crippen LogP contribution in [0, 0.1) is 0 Å². The van der Waals surface area contributed by atoms with Crippen molar-refractivity contribution in [2.24, 2.45) is 5.10 Å². The maximum absolute atomic E-state index is 12.4. The molecular formula is C23H19BrN6O2S. The average molecular weight is 523 g/mol. The number of nitrogens with zero attached hydrogens (tertiary/aromatic N) is 5. The molecule has 0 saturated heterocycles. The third kappa shape index (κ3) is 5.85. The average Bonchev–Trinajstić information content (AvgIpc) is 3.28. The van der Waals surface area contributed by atoms with Crippen molar-refractivity contribution in [3.8, 4) is 22.8 Å². The van der Waals surface area contributed by atoms with Gasteiger partial charge in [0.25, 0.3) is 5.91 Å². The number of methoxy groups -OCH3 is 1. The Morgan fingerprint density at radius 1 is 1.15 bits per heavy atom. The Hall–Kier alpha value is -3.50. The standard InChI is InChI=1S/C23H19BrN6O2S/c1-32-20-4-2-3-16(13-20)14-26-27-21(31)15-33-23-29-28-22(17-9-11-25-12-10-17)30(23)19-7-5-18(24)6-8-19/h2-14H,15H2,1H3,(H,27,31)/b26-14+. The van der Waals surface area contributed by atoms with Crippen LogP contribution in [0.5, 0.6) is 5.75 Å². The molecule has 2 heterocycles. The minimum Gasteiger partial charge on any atom is -0.497 e. The molecule has 0 aliphatic carbocycles. The second-order valence-electron chi connectivity index (χ2n) is 6.71. The zero-order chi connectivity index (χ0) is 23.0. The van der Waals surface area contributed by atoms with E-state index in [-0.39, 0.29) is 11.7 Å². The van der Waals surface area contributed by atoms with Crippen molar-refractivity contribution in [2.75, 3.05) is 12.9 Å². The molecule has 8 nitrogen and oxygen atoms in total. The van der Waals surface area contributed by atoms with Crippen molar-refractivity contribution < 1.29 is 9.53 Å². The lowest BCUT2D eigenvalue weighted by molar-refractivity contribution is -0.118. The second-order valence-corrected chi connectivity index (χ2v) is 8.57. The summed E-state index contributed by atoms with van der Waals surface area (Å²) in [6, 6.07) is 18.9. The SMILES string of the molecule is COc1cccc(/C=N/NC(=O)CSc2nnc(-c3ccncc3)n2-c2ccc(Br)cc2)c1. The van der Waals surface area contributed by atoms with E-state index in [4.69, 9.17) is 4.74 Å². The van der Waals surface area contributed by atoms with E-state index in [1.807, 2.05) is 65.2 Å². The number of hydrogen-bond donors (Lipinski definition) is 1. The second kappa shape index (κ2) is 10.9. The lowest BCUT2D eigenvalue weighted by atomic mass is 10.2. The highest BCUT2D eigenvalue weighted by Crippen LogP contribution is 2.28. The lowest BCUT2D eigenvalue weighted by Crippen LogP contribution is -2.20. The number of thioether (sulfide) groups is 1. The molecule has 0 radical (unpaired) electrons. The van der Waals surface area contributed by atoms with Gasteiger partial charge in [-0.1, -0.05) is 39.8 Å². The molecule has 1 amide bonds. The van der Waals surface area contributed by atoms with Gasteiger partial charge in [-0.25, -0.2) is 5.43 Å². The first-order valence-electron chi connectivity index (χ1n) is 9.84. The van der Waals surface area contributed by atoms with Gasteiger partial charge >= 0.3 is 0 Å². The van der Waals surface area contributed by atoms with Gasteiger partial charge in [0, 0.05) is 28.1 Å². The van der Waals surface area contributed by atoms with E-state index in [0.717, 1.165) is 27.0 Å². The molecule has 0 atom stereocenters. The van der Waals surface area contributed by atoms with E-state index in [9.17, 15) is 4.79 Å². The molecule has 0 spiro atoms. The predicted octanol–water partition coefficient (Wildman–Crippen LogP) is 4.34. The summed E-state index contributed by atoms with van der Waals surface area (Å²) in [5.41, 5.74) is 5.12. The van der Waals surface area contributed by atoms with Crippen molar-refractivity contribution in [1.82, 2.24) is 25.2 Å². The number of carbonyl (C=O) groups excluding carboxylic acids is 1. The maximum Gasteiger partial charge on any atom is 0.250 e. The Balaban J connectivity index is 1.48. The summed E-state index contributed by atoms with van der Waals surface area (Å²) in [5.74, 6) is 1.26. The van der Waals surface area contributed by atoms with Gasteiger partial charge in [-0.05, 0) is 54.1 Å². The summed E-state index contributed by atoms with van der Waals surface area (Å²) >= 11 is 4.74. The molecule has 0 aliphatic heterocycles. The number of halogens is 1. The van der Waals surface area contributed by atoms with Crippen LogP contribution in [0.3, 0.4) is 0 Å². The quantitative estimate of drug-likeness (QED) is 0.210. The van der Waals surface area contributed by atoms with Crippen LogP contribution in [-0.4, -0.2) is 44.7 Å². The van der Waals surface area contributed by atoms with Gasteiger partial charge in [-0.15, -0.1) is 10.2 Å². The van der Waals surface area contributed by atoms with Crippen LogP contribution in [0.15, 0.2) is 87.8 Å². The monoisotopic (exact) mass is 522 g/mol. The first kappa shape index (κ1) is 22.7. The fourth-order valence-corrected chi connectivity index (χ4v) is 3.95. The van der Waals surface area contributed by atoms with E-state index in [2.05, 4.69) is 41.6 Å². The number of amides is 1. The number of nitrogens with one attached hydrogen (secondary N) is 1. The van der Waals surface area contributed by atoms with Crippen LogP contribution in [0.1, 0.15) is 5.56 Å². The summed E-state index contributed by atoms with van der Waals surface area (Å²) in [4.78, 5) is 16.4. The van der Waals surface area contributed by atoms with Crippen molar-refractivity contribution in [3.05, 3.63) is 83.1 Å². The predicted molar refractivity (Wildman–Crippen MR) is 132 cm³/mol. The highest BCUT2D eigenvalue weighted by molar-refractivity contribution is 9.10. The fraction of sp³-hybridized carbons (Fsp3) is 0.0870. The molecule has 1 N–H and O–H groups in total. The highest BCUT2D eigenvalue weighted by Gasteiger charge is 2.17. The van der Waals surface area contributed by atoms with Crippen LogP contribution in [0.25, 0.3) is 17.1 Å². The number of hydrazone groups is 1. The van der Waals surface area contributed by atoms with Crippen LogP contribution in [-0.2, 0) is 4.79 Å². The summed E-state index contributed by atoms with van der Waals surface area (Å²) in [6.45, 7) is 0. The van der Waals surface area contributed by atoms with E-state index >= 15 is 0 Å². The van der Waals surface area contributed by atoms with Crippen molar-refractivity contribution in [2.45, 2.75) is 5.16 Å². The molecule has 0 fully saturated rings. The molecule has 0 unspecified atom stereocenters. The Kier molecular flexibility index (Phi) is 7.48. The van der Waals surface area contributed by atoms with Gasteiger partial charge in [-0.2, -0.15) is 5.10 Å². The number of hydrogen-bond acceptors (Lipinski definition) is 7. The highest BCUT2D eigenvalue weighted by atomic mass is 79.9. The summed E-state index contributed by atoms with van der Waals surface area (Å²) in [7, 11) is 1.60. The molecule has 0 saturated carbocycles. The number of benzene rings is 2. The molecular weight excluding hydrogens is 504 g/mol. The number of aromatic nitrogens is 4.